The van der Waals surface area contributed by atoms with Crippen molar-refractivity contribution in [1.82, 2.24) is 0 Å². The Kier molecular flexibility index (Phi) is 8.92. The summed E-state index contributed by atoms with van der Waals surface area (Å²) in [6, 6.07) is 17.4. The first kappa shape index (κ1) is 23.4. The average Bonchev–Trinajstić information content (AvgIpc) is 2.76. The summed E-state index contributed by atoms with van der Waals surface area (Å²) < 4.78 is 31.2. The third kappa shape index (κ3) is 6.90. The van der Waals surface area contributed by atoms with Crippen LogP contribution in [0.1, 0.15) is 69.8 Å². The van der Waals surface area contributed by atoms with Crippen LogP contribution in [0.4, 0.5) is 0 Å². The van der Waals surface area contributed by atoms with E-state index >= 15 is 0 Å². The molecule has 0 atom stereocenters. The highest BCUT2D eigenvalue weighted by Crippen LogP contribution is 2.54. The molecule has 0 N–H and O–H groups in total. The molecule has 4 rings (SSSR count). The molecule has 5 heteroatoms. The van der Waals surface area contributed by atoms with Crippen molar-refractivity contribution in [3.05, 3.63) is 60.2 Å². The van der Waals surface area contributed by atoms with E-state index in [1.54, 1.807) is 17.4 Å². The summed E-state index contributed by atoms with van der Waals surface area (Å²) in [5.74, 6) is 0. The van der Waals surface area contributed by atoms with Crippen LogP contribution in [-0.4, -0.2) is 24.3 Å². The molecule has 2 aliphatic carbocycles. The molecule has 0 saturated heterocycles. The predicted molar refractivity (Wildman–Crippen MR) is 127 cm³/mol. The van der Waals surface area contributed by atoms with Crippen molar-refractivity contribution in [2.24, 2.45) is 0 Å². The highest BCUT2D eigenvalue weighted by Gasteiger charge is 2.38. The van der Waals surface area contributed by atoms with Crippen molar-refractivity contribution in [2.75, 3.05) is 0 Å². The van der Waals surface area contributed by atoms with Crippen LogP contribution in [0.5, 0.6) is 0 Å². The second-order valence-corrected chi connectivity index (χ2v) is 13.3. The summed E-state index contributed by atoms with van der Waals surface area (Å²) in [7, 11) is -4.59. The van der Waals surface area contributed by atoms with Gasteiger partial charge in [-0.3, -0.25) is 0 Å². The minimum atomic E-state index is -4.27. The second-order valence-electron chi connectivity index (χ2n) is 8.76. The number of hydrogen-bond acceptors (Lipinski definition) is 3. The molecule has 0 radical (unpaired) electrons. The first-order chi connectivity index (χ1) is 14.4. The van der Waals surface area contributed by atoms with Crippen molar-refractivity contribution in [3.8, 4) is 0 Å². The highest BCUT2D eigenvalue weighted by atomic mass is 32.2. The number of benzene rings is 2. The highest BCUT2D eigenvalue weighted by molar-refractivity contribution is 7.85. The third-order valence-corrected chi connectivity index (χ3v) is 11.3. The van der Waals surface area contributed by atoms with Crippen molar-refractivity contribution in [3.63, 3.8) is 0 Å². The van der Waals surface area contributed by atoms with Crippen LogP contribution in [-0.2, 0) is 10.1 Å². The molecule has 2 aromatic rings. The summed E-state index contributed by atoms with van der Waals surface area (Å²) in [5, 5.41) is 1.74. The molecule has 2 aliphatic rings. The van der Waals surface area contributed by atoms with E-state index in [9.17, 15) is 13.0 Å². The lowest BCUT2D eigenvalue weighted by atomic mass is 9.99. The molecule has 0 aromatic heterocycles. The largest absolute Gasteiger partial charge is 0.744 e. The summed E-state index contributed by atoms with van der Waals surface area (Å²) in [5.41, 5.74) is 3.07. The summed E-state index contributed by atoms with van der Waals surface area (Å²) in [4.78, 5) is -0.178. The zero-order valence-corrected chi connectivity index (χ0v) is 19.9. The summed E-state index contributed by atoms with van der Waals surface area (Å²) >= 11 is 0. The Labute approximate surface area is 183 Å². The van der Waals surface area contributed by atoms with Crippen LogP contribution in [0.2, 0.25) is 0 Å². The molecule has 0 unspecified atom stereocenters. The van der Waals surface area contributed by atoms with Gasteiger partial charge in [0.15, 0.2) is 0 Å². The molecule has 0 amide bonds. The molecular weight excluding hydrogens is 411 g/mol. The van der Waals surface area contributed by atoms with E-state index in [4.69, 9.17) is 0 Å². The van der Waals surface area contributed by atoms with Gasteiger partial charge in [0, 0.05) is 7.92 Å². The van der Waals surface area contributed by atoms with Crippen LogP contribution < -0.4 is 5.30 Å². The van der Waals surface area contributed by atoms with Gasteiger partial charge in [0.2, 0.25) is 0 Å². The fourth-order valence-electron chi connectivity index (χ4n) is 4.97. The Hall–Kier alpha value is -1.22. The van der Waals surface area contributed by atoms with Gasteiger partial charge in [-0.25, -0.2) is 8.42 Å². The molecule has 3 nitrogen and oxygen atoms in total. The number of aryl methyl sites for hydroxylation is 1. The fraction of sp³-hybridized carbons (Fsp3) is 0.520. The zero-order chi connectivity index (χ0) is 21.4. The molecular formula is C25H35O3PS. The van der Waals surface area contributed by atoms with Crippen LogP contribution >= 0.6 is 7.92 Å². The molecule has 0 heterocycles. The van der Waals surface area contributed by atoms with E-state index in [2.05, 4.69) is 30.3 Å². The topological polar surface area (TPSA) is 57.2 Å². The van der Waals surface area contributed by atoms with Gasteiger partial charge in [-0.15, -0.1) is 0 Å². The van der Waals surface area contributed by atoms with Gasteiger partial charge < -0.3 is 4.55 Å². The SMILES string of the molecule is Cc1ccc(S(=O)(=O)[O-])cc1.c1ccc([PH+](C2CCCCC2)C2CCCCC2)cc1. The van der Waals surface area contributed by atoms with Crippen LogP contribution in [0.15, 0.2) is 59.5 Å². The molecule has 2 fully saturated rings. The lowest BCUT2D eigenvalue weighted by Gasteiger charge is -2.32. The van der Waals surface area contributed by atoms with Gasteiger partial charge in [0.05, 0.1) is 21.5 Å². The molecule has 0 bridgehead atoms. The van der Waals surface area contributed by atoms with Gasteiger partial charge in [0.1, 0.15) is 10.1 Å². The second kappa shape index (κ2) is 11.4. The van der Waals surface area contributed by atoms with E-state index in [0.717, 1.165) is 16.9 Å². The van der Waals surface area contributed by atoms with Crippen LogP contribution in [0.3, 0.4) is 0 Å². The smallest absolute Gasteiger partial charge is 0.124 e. The van der Waals surface area contributed by atoms with Crippen molar-refractivity contribution < 1.29 is 13.0 Å². The minimum absolute atomic E-state index is 0.178. The maximum atomic E-state index is 10.4. The van der Waals surface area contributed by atoms with Crippen LogP contribution in [0.25, 0.3) is 0 Å². The third-order valence-electron chi connectivity index (χ3n) is 6.51. The number of rotatable bonds is 4. The maximum Gasteiger partial charge on any atom is 0.124 e. The van der Waals surface area contributed by atoms with E-state index in [-0.39, 0.29) is 12.8 Å². The zero-order valence-electron chi connectivity index (χ0n) is 18.1. The minimum Gasteiger partial charge on any atom is -0.744 e. The van der Waals surface area contributed by atoms with E-state index < -0.39 is 10.1 Å². The monoisotopic (exact) mass is 446 g/mol. The fourth-order valence-corrected chi connectivity index (χ4v) is 9.68. The summed E-state index contributed by atoms with van der Waals surface area (Å²) in [6.07, 6.45) is 15.1. The first-order valence-corrected chi connectivity index (χ1v) is 14.5. The van der Waals surface area contributed by atoms with Crippen molar-refractivity contribution in [1.29, 1.82) is 0 Å². The molecule has 164 valence electrons. The van der Waals surface area contributed by atoms with Gasteiger partial charge in [-0.2, -0.15) is 0 Å². The molecule has 2 saturated carbocycles. The Morgan fingerprint density at radius 2 is 1.20 bits per heavy atom. The average molecular weight is 447 g/mol. The Morgan fingerprint density at radius 3 is 1.63 bits per heavy atom. The Morgan fingerprint density at radius 1 is 0.733 bits per heavy atom. The predicted octanol–water partition coefficient (Wildman–Crippen LogP) is 6.09. The van der Waals surface area contributed by atoms with Gasteiger partial charge >= 0.3 is 0 Å². The summed E-state index contributed by atoms with van der Waals surface area (Å²) in [6.45, 7) is 1.82. The van der Waals surface area contributed by atoms with Gasteiger partial charge in [-0.1, -0.05) is 48.7 Å². The molecule has 0 spiro atoms. The maximum absolute atomic E-state index is 10.4. The lowest BCUT2D eigenvalue weighted by Crippen LogP contribution is -2.26. The Bertz CT molecular complexity index is 835. The van der Waals surface area contributed by atoms with E-state index in [1.165, 1.54) is 76.3 Å². The number of hydrogen-bond donors (Lipinski definition) is 0. The van der Waals surface area contributed by atoms with E-state index in [1.807, 2.05) is 6.92 Å². The van der Waals surface area contributed by atoms with Crippen molar-refractivity contribution >= 4 is 23.3 Å². The first-order valence-electron chi connectivity index (χ1n) is 11.4. The molecule has 0 aliphatic heterocycles. The van der Waals surface area contributed by atoms with Crippen molar-refractivity contribution in [2.45, 2.75) is 87.3 Å². The lowest BCUT2D eigenvalue weighted by molar-refractivity contribution is 0.463. The quantitative estimate of drug-likeness (QED) is 0.422. The van der Waals surface area contributed by atoms with Gasteiger partial charge in [-0.05, 0) is 82.6 Å². The Balaban J connectivity index is 0.000000199. The normalized spacial score (nSPS) is 18.6. The van der Waals surface area contributed by atoms with Gasteiger partial charge in [0.25, 0.3) is 0 Å². The van der Waals surface area contributed by atoms with E-state index in [0.29, 0.717) is 0 Å². The molecule has 2 aromatic carbocycles. The molecule has 30 heavy (non-hydrogen) atoms. The van der Waals surface area contributed by atoms with Crippen LogP contribution in [0, 0.1) is 6.92 Å². The standard InChI is InChI=1S/C18H27P.C7H8O3S/c1-4-10-16(11-5-1)19(17-12-6-2-7-13-17)18-14-8-3-9-15-18;1-6-2-4-7(5-3-6)11(8,9)10/h1,4-5,10-11,17-18H,2-3,6-9,12-15H2;2-5H,1H3,(H,8,9,10).